The van der Waals surface area contributed by atoms with Gasteiger partial charge in [-0.15, -0.1) is 23.1 Å². The summed E-state index contributed by atoms with van der Waals surface area (Å²) in [7, 11) is 0. The molecule has 0 saturated carbocycles. The predicted octanol–water partition coefficient (Wildman–Crippen LogP) is 3.78. The van der Waals surface area contributed by atoms with E-state index < -0.39 is 0 Å². The maximum absolute atomic E-state index is 12.6. The van der Waals surface area contributed by atoms with Gasteiger partial charge in [-0.25, -0.2) is 4.98 Å². The number of aryl methyl sites for hydroxylation is 1. The van der Waals surface area contributed by atoms with Crippen molar-refractivity contribution in [1.82, 2.24) is 14.3 Å². The first-order valence-corrected chi connectivity index (χ1v) is 12.0. The van der Waals surface area contributed by atoms with Crippen LogP contribution < -0.4 is 5.56 Å². The van der Waals surface area contributed by atoms with Gasteiger partial charge in [0.05, 0.1) is 11.4 Å². The van der Waals surface area contributed by atoms with E-state index in [2.05, 4.69) is 29.2 Å². The van der Waals surface area contributed by atoms with E-state index in [-0.39, 0.29) is 11.5 Å². The monoisotopic (exact) mass is 427 g/mol. The molecule has 0 radical (unpaired) electrons. The fourth-order valence-corrected chi connectivity index (χ4v) is 5.55. The standard InChI is InChI=1S/C22H25N3O2S2/c1-16-13-29-22-23-19(12-20(26)25(16)22)14-28-15-21(27)24-9-7-18(8-10-24)11-17-5-3-2-4-6-17/h2-6,12-13,18H,7-11,14-15H2,1H3. The normalized spacial score (nSPS) is 15.1. The number of piperidine rings is 1. The number of aromatic nitrogens is 2. The number of nitrogens with zero attached hydrogens (tertiary/aromatic N) is 3. The van der Waals surface area contributed by atoms with E-state index in [0.717, 1.165) is 48.7 Å². The average molecular weight is 428 g/mol. The lowest BCUT2D eigenvalue weighted by Gasteiger charge is -2.32. The number of carbonyl (C=O) groups is 1. The Balaban J connectivity index is 1.24. The van der Waals surface area contributed by atoms with Gasteiger partial charge < -0.3 is 4.90 Å². The molecule has 1 amide bonds. The second-order valence-electron chi connectivity index (χ2n) is 7.59. The van der Waals surface area contributed by atoms with Crippen LogP contribution in [0.25, 0.3) is 4.96 Å². The van der Waals surface area contributed by atoms with E-state index in [1.165, 1.54) is 28.7 Å². The van der Waals surface area contributed by atoms with Crippen LogP contribution in [0.4, 0.5) is 0 Å². The molecule has 5 nitrogen and oxygen atoms in total. The Kier molecular flexibility index (Phi) is 6.35. The minimum atomic E-state index is -0.0452. The zero-order valence-electron chi connectivity index (χ0n) is 16.5. The van der Waals surface area contributed by atoms with Gasteiger partial charge in [-0.3, -0.25) is 14.0 Å². The fourth-order valence-electron chi connectivity index (χ4n) is 3.84. The lowest BCUT2D eigenvalue weighted by Crippen LogP contribution is -2.39. The van der Waals surface area contributed by atoms with Crippen molar-refractivity contribution in [3.05, 3.63) is 69.1 Å². The highest BCUT2D eigenvalue weighted by molar-refractivity contribution is 7.99. The number of rotatable bonds is 6. The van der Waals surface area contributed by atoms with Gasteiger partial charge >= 0.3 is 0 Å². The number of thiazole rings is 1. The maximum atomic E-state index is 12.6. The minimum Gasteiger partial charge on any atom is -0.342 e. The molecule has 29 heavy (non-hydrogen) atoms. The minimum absolute atomic E-state index is 0.0452. The van der Waals surface area contributed by atoms with Crippen molar-refractivity contribution in [1.29, 1.82) is 0 Å². The van der Waals surface area contributed by atoms with Crippen LogP contribution >= 0.6 is 23.1 Å². The van der Waals surface area contributed by atoms with Crippen molar-refractivity contribution >= 4 is 34.0 Å². The van der Waals surface area contributed by atoms with Crippen molar-refractivity contribution in [3.8, 4) is 0 Å². The topological polar surface area (TPSA) is 54.7 Å². The van der Waals surface area contributed by atoms with Gasteiger partial charge in [-0.05, 0) is 37.7 Å². The summed E-state index contributed by atoms with van der Waals surface area (Å²) in [4.78, 5) is 32.0. The van der Waals surface area contributed by atoms with Crippen molar-refractivity contribution in [2.45, 2.75) is 31.9 Å². The Morgan fingerprint density at radius 1 is 1.24 bits per heavy atom. The molecule has 0 spiro atoms. The van der Waals surface area contributed by atoms with E-state index in [9.17, 15) is 9.59 Å². The molecule has 0 atom stereocenters. The summed E-state index contributed by atoms with van der Waals surface area (Å²) >= 11 is 3.01. The highest BCUT2D eigenvalue weighted by atomic mass is 32.2. The molecule has 1 fully saturated rings. The Morgan fingerprint density at radius 2 is 2.00 bits per heavy atom. The van der Waals surface area contributed by atoms with E-state index >= 15 is 0 Å². The molecule has 4 rings (SSSR count). The van der Waals surface area contributed by atoms with Gasteiger partial charge in [0.1, 0.15) is 0 Å². The summed E-state index contributed by atoms with van der Waals surface area (Å²) in [6.45, 7) is 3.59. The smallest absolute Gasteiger partial charge is 0.258 e. The van der Waals surface area contributed by atoms with Crippen LogP contribution in [0.1, 0.15) is 29.8 Å². The molecule has 7 heteroatoms. The number of likely N-dealkylation sites (tertiary alicyclic amines) is 1. The molecule has 0 aliphatic carbocycles. The van der Waals surface area contributed by atoms with Gasteiger partial charge in [-0.1, -0.05) is 30.3 Å². The van der Waals surface area contributed by atoms with Crippen LogP contribution in [0.2, 0.25) is 0 Å². The van der Waals surface area contributed by atoms with E-state index in [0.29, 0.717) is 17.4 Å². The molecule has 152 valence electrons. The summed E-state index contributed by atoms with van der Waals surface area (Å²) < 4.78 is 1.63. The quantitative estimate of drug-likeness (QED) is 0.601. The van der Waals surface area contributed by atoms with Gasteiger partial charge in [0.25, 0.3) is 5.56 Å². The number of hydrogen-bond acceptors (Lipinski definition) is 5. The number of benzene rings is 1. The first-order valence-electron chi connectivity index (χ1n) is 9.96. The van der Waals surface area contributed by atoms with Crippen LogP contribution in [-0.4, -0.2) is 39.0 Å². The SMILES string of the molecule is Cc1csc2nc(CSCC(=O)N3CCC(Cc4ccccc4)CC3)cc(=O)n12. The molecular formula is C22H25N3O2S2. The second-order valence-corrected chi connectivity index (χ2v) is 9.41. The van der Waals surface area contributed by atoms with E-state index in [1.807, 2.05) is 23.3 Å². The molecule has 1 saturated heterocycles. The summed E-state index contributed by atoms with van der Waals surface area (Å²) in [5.41, 5.74) is 2.99. The predicted molar refractivity (Wildman–Crippen MR) is 120 cm³/mol. The van der Waals surface area contributed by atoms with Crippen molar-refractivity contribution in [2.75, 3.05) is 18.8 Å². The largest absolute Gasteiger partial charge is 0.342 e. The number of hydrogen-bond donors (Lipinski definition) is 0. The van der Waals surface area contributed by atoms with Gasteiger partial charge in [-0.2, -0.15) is 0 Å². The average Bonchev–Trinajstić information content (AvgIpc) is 3.10. The van der Waals surface area contributed by atoms with Crippen LogP contribution in [0.15, 0.2) is 46.6 Å². The summed E-state index contributed by atoms with van der Waals surface area (Å²) in [5, 5.41) is 1.94. The Hall–Kier alpha value is -2.12. The third kappa shape index (κ3) is 4.90. The molecule has 1 aromatic carbocycles. The van der Waals surface area contributed by atoms with Crippen LogP contribution in [-0.2, 0) is 17.0 Å². The molecule has 0 bridgehead atoms. The van der Waals surface area contributed by atoms with Gasteiger partial charge in [0, 0.05) is 36.0 Å². The Labute approximate surface area is 178 Å². The van der Waals surface area contributed by atoms with Crippen LogP contribution in [0.3, 0.4) is 0 Å². The van der Waals surface area contributed by atoms with Crippen molar-refractivity contribution in [3.63, 3.8) is 0 Å². The first-order chi connectivity index (χ1) is 14.1. The molecule has 1 aliphatic heterocycles. The summed E-state index contributed by atoms with van der Waals surface area (Å²) in [6, 6.07) is 12.2. The second kappa shape index (κ2) is 9.13. The molecule has 2 aromatic heterocycles. The number of fused-ring (bicyclic) bond motifs is 1. The fraction of sp³-hybridized carbons (Fsp3) is 0.409. The van der Waals surface area contributed by atoms with Crippen molar-refractivity contribution < 1.29 is 4.79 Å². The molecule has 0 unspecified atom stereocenters. The lowest BCUT2D eigenvalue weighted by atomic mass is 9.90. The van der Waals surface area contributed by atoms with E-state index in [1.54, 1.807) is 10.5 Å². The maximum Gasteiger partial charge on any atom is 0.258 e. The highest BCUT2D eigenvalue weighted by Crippen LogP contribution is 2.22. The molecular weight excluding hydrogens is 402 g/mol. The Bertz CT molecular complexity index is 1040. The number of carbonyl (C=O) groups excluding carboxylic acids is 1. The van der Waals surface area contributed by atoms with Gasteiger partial charge in [0.2, 0.25) is 5.91 Å². The molecule has 0 N–H and O–H groups in total. The molecule has 1 aliphatic rings. The first kappa shape index (κ1) is 20.2. The molecule has 3 heterocycles. The van der Waals surface area contributed by atoms with Crippen molar-refractivity contribution in [2.24, 2.45) is 5.92 Å². The highest BCUT2D eigenvalue weighted by Gasteiger charge is 2.22. The van der Waals surface area contributed by atoms with Crippen LogP contribution in [0, 0.1) is 12.8 Å². The zero-order valence-corrected chi connectivity index (χ0v) is 18.2. The molecule has 3 aromatic rings. The summed E-state index contributed by atoms with van der Waals surface area (Å²) in [5.74, 6) is 1.87. The Morgan fingerprint density at radius 3 is 2.76 bits per heavy atom. The van der Waals surface area contributed by atoms with Gasteiger partial charge in [0.15, 0.2) is 4.96 Å². The summed E-state index contributed by atoms with van der Waals surface area (Å²) in [6.07, 6.45) is 3.24. The third-order valence-electron chi connectivity index (χ3n) is 5.44. The zero-order chi connectivity index (χ0) is 20.2. The van der Waals surface area contributed by atoms with Crippen LogP contribution in [0.5, 0.6) is 0 Å². The number of thioether (sulfide) groups is 1. The lowest BCUT2D eigenvalue weighted by molar-refractivity contribution is -0.129. The van der Waals surface area contributed by atoms with E-state index in [4.69, 9.17) is 0 Å². The third-order valence-corrected chi connectivity index (χ3v) is 7.33. The number of amides is 1.